The van der Waals surface area contributed by atoms with E-state index in [0.717, 1.165) is 5.69 Å². The van der Waals surface area contributed by atoms with Gasteiger partial charge in [-0.05, 0) is 31.4 Å². The minimum absolute atomic E-state index is 0.118. The summed E-state index contributed by atoms with van der Waals surface area (Å²) in [5.74, 6) is 0. The maximum Gasteiger partial charge on any atom is 0.403 e. The molecule has 1 aliphatic rings. The van der Waals surface area contributed by atoms with Crippen molar-refractivity contribution >= 4 is 0 Å². The standard InChI is InChI=1S/C14H15F3N4/c15-14(16,17)13-8-4-7-11(19-13)12-9-18-20-21(12)10-5-2-1-3-6-10/h1-3,5-6,9,11,13,19H,4,7-8H2. The molecule has 112 valence electrons. The summed E-state index contributed by atoms with van der Waals surface area (Å²) in [4.78, 5) is 0. The highest BCUT2D eigenvalue weighted by atomic mass is 19.4. The van der Waals surface area contributed by atoms with Crippen LogP contribution in [0, 0.1) is 0 Å². The van der Waals surface area contributed by atoms with Gasteiger partial charge in [-0.2, -0.15) is 13.2 Å². The highest BCUT2D eigenvalue weighted by molar-refractivity contribution is 5.32. The van der Waals surface area contributed by atoms with Crippen molar-refractivity contribution in [2.24, 2.45) is 0 Å². The van der Waals surface area contributed by atoms with Crippen LogP contribution in [0.1, 0.15) is 31.0 Å². The number of nitrogens with one attached hydrogen (secondary N) is 1. The Kier molecular flexibility index (Phi) is 3.67. The number of hydrogen-bond acceptors (Lipinski definition) is 3. The van der Waals surface area contributed by atoms with Crippen molar-refractivity contribution in [3.8, 4) is 5.69 Å². The number of piperidine rings is 1. The fourth-order valence-electron chi connectivity index (χ4n) is 2.68. The molecule has 0 saturated carbocycles. The number of nitrogens with zero attached hydrogens (tertiary/aromatic N) is 3. The van der Waals surface area contributed by atoms with Gasteiger partial charge in [0.25, 0.3) is 0 Å². The molecule has 0 spiro atoms. The molecule has 0 amide bonds. The minimum atomic E-state index is -4.22. The lowest BCUT2D eigenvalue weighted by Gasteiger charge is -2.32. The zero-order valence-electron chi connectivity index (χ0n) is 11.2. The Hall–Kier alpha value is -1.89. The van der Waals surface area contributed by atoms with Crippen LogP contribution < -0.4 is 5.32 Å². The average molecular weight is 296 g/mol. The maximum atomic E-state index is 12.9. The molecule has 1 aromatic carbocycles. The first kappa shape index (κ1) is 14.1. The van der Waals surface area contributed by atoms with Crippen molar-refractivity contribution in [1.82, 2.24) is 20.3 Å². The van der Waals surface area contributed by atoms with Gasteiger partial charge >= 0.3 is 6.18 Å². The Morgan fingerprint density at radius 1 is 1.14 bits per heavy atom. The summed E-state index contributed by atoms with van der Waals surface area (Å²) in [6.07, 6.45) is -1.39. The van der Waals surface area contributed by atoms with Crippen molar-refractivity contribution in [2.45, 2.75) is 37.5 Å². The molecule has 2 unspecified atom stereocenters. The topological polar surface area (TPSA) is 42.7 Å². The zero-order valence-corrected chi connectivity index (χ0v) is 11.2. The van der Waals surface area contributed by atoms with E-state index in [2.05, 4.69) is 15.6 Å². The van der Waals surface area contributed by atoms with Crippen LogP contribution in [0.5, 0.6) is 0 Å². The lowest BCUT2D eigenvalue weighted by atomic mass is 9.96. The number of para-hydroxylation sites is 1. The number of aromatic nitrogens is 3. The molecule has 2 heterocycles. The molecule has 4 nitrogen and oxygen atoms in total. The Bertz CT molecular complexity index is 594. The van der Waals surface area contributed by atoms with Gasteiger partial charge in [-0.15, -0.1) is 5.10 Å². The van der Waals surface area contributed by atoms with Crippen molar-refractivity contribution in [2.75, 3.05) is 0 Å². The van der Waals surface area contributed by atoms with E-state index < -0.39 is 12.2 Å². The second-order valence-corrected chi connectivity index (χ2v) is 5.15. The second kappa shape index (κ2) is 5.48. The predicted molar refractivity (Wildman–Crippen MR) is 70.9 cm³/mol. The molecular weight excluding hydrogens is 281 g/mol. The number of halogens is 3. The maximum absolute atomic E-state index is 12.9. The van der Waals surface area contributed by atoms with E-state index in [1.54, 1.807) is 4.68 Å². The van der Waals surface area contributed by atoms with E-state index >= 15 is 0 Å². The molecule has 1 fully saturated rings. The highest BCUT2D eigenvalue weighted by Gasteiger charge is 2.42. The van der Waals surface area contributed by atoms with Crippen molar-refractivity contribution in [3.05, 3.63) is 42.2 Å². The van der Waals surface area contributed by atoms with Gasteiger partial charge in [0.15, 0.2) is 0 Å². The molecule has 0 bridgehead atoms. The van der Waals surface area contributed by atoms with Gasteiger partial charge in [0, 0.05) is 0 Å². The first-order valence-electron chi connectivity index (χ1n) is 6.84. The van der Waals surface area contributed by atoms with E-state index in [0.29, 0.717) is 18.5 Å². The van der Waals surface area contributed by atoms with Crippen molar-refractivity contribution in [3.63, 3.8) is 0 Å². The summed E-state index contributed by atoms with van der Waals surface area (Å²) >= 11 is 0. The normalized spacial score (nSPS) is 23.2. The molecule has 2 atom stereocenters. The van der Waals surface area contributed by atoms with E-state index in [-0.39, 0.29) is 12.5 Å². The SMILES string of the molecule is FC(F)(F)C1CCCC(c2cnnn2-c2ccccc2)N1. The average Bonchev–Trinajstić information content (AvgIpc) is 2.97. The summed E-state index contributed by atoms with van der Waals surface area (Å²) in [5.41, 5.74) is 1.45. The number of rotatable bonds is 2. The van der Waals surface area contributed by atoms with Gasteiger partial charge in [0.2, 0.25) is 0 Å². The highest BCUT2D eigenvalue weighted by Crippen LogP contribution is 2.33. The number of alkyl halides is 3. The lowest BCUT2D eigenvalue weighted by molar-refractivity contribution is -0.163. The Labute approximate surface area is 120 Å². The van der Waals surface area contributed by atoms with E-state index in [4.69, 9.17) is 0 Å². The Balaban J connectivity index is 1.87. The third-order valence-electron chi connectivity index (χ3n) is 3.72. The molecule has 1 aliphatic heterocycles. The van der Waals surface area contributed by atoms with Crippen LogP contribution in [0.2, 0.25) is 0 Å². The molecule has 7 heteroatoms. The molecule has 21 heavy (non-hydrogen) atoms. The summed E-state index contributed by atoms with van der Waals surface area (Å²) < 4.78 is 40.2. The quantitative estimate of drug-likeness (QED) is 0.926. The van der Waals surface area contributed by atoms with E-state index in [1.165, 1.54) is 6.20 Å². The molecular formula is C14H15F3N4. The van der Waals surface area contributed by atoms with Gasteiger partial charge < -0.3 is 0 Å². The second-order valence-electron chi connectivity index (χ2n) is 5.15. The smallest absolute Gasteiger partial charge is 0.298 e. The van der Waals surface area contributed by atoms with E-state index in [9.17, 15) is 13.2 Å². The Morgan fingerprint density at radius 3 is 2.62 bits per heavy atom. The largest absolute Gasteiger partial charge is 0.403 e. The molecule has 1 aromatic heterocycles. The van der Waals surface area contributed by atoms with Crippen LogP contribution in [0.3, 0.4) is 0 Å². The predicted octanol–water partition coefficient (Wildman–Crippen LogP) is 3.01. The molecule has 2 aromatic rings. The fourth-order valence-corrected chi connectivity index (χ4v) is 2.68. The lowest BCUT2D eigenvalue weighted by Crippen LogP contribution is -2.47. The number of hydrogen-bond donors (Lipinski definition) is 1. The van der Waals surface area contributed by atoms with Gasteiger partial charge in [-0.25, -0.2) is 4.68 Å². The van der Waals surface area contributed by atoms with E-state index in [1.807, 2.05) is 30.3 Å². The van der Waals surface area contributed by atoms with Crippen molar-refractivity contribution in [1.29, 1.82) is 0 Å². The van der Waals surface area contributed by atoms with Gasteiger partial charge in [0.1, 0.15) is 6.04 Å². The summed E-state index contributed by atoms with van der Waals surface area (Å²) in [6, 6.07) is 7.43. The monoisotopic (exact) mass is 296 g/mol. The van der Waals surface area contributed by atoms with Gasteiger partial charge in [0.05, 0.1) is 23.6 Å². The first-order chi connectivity index (χ1) is 10.1. The minimum Gasteiger partial charge on any atom is -0.298 e. The van der Waals surface area contributed by atoms with Gasteiger partial charge in [-0.3, -0.25) is 5.32 Å². The summed E-state index contributed by atoms with van der Waals surface area (Å²) in [7, 11) is 0. The van der Waals surface area contributed by atoms with Crippen LogP contribution in [-0.4, -0.2) is 27.2 Å². The fraction of sp³-hybridized carbons (Fsp3) is 0.429. The third kappa shape index (κ3) is 2.92. The van der Waals surface area contributed by atoms with Crippen LogP contribution in [0.4, 0.5) is 13.2 Å². The molecule has 0 radical (unpaired) electrons. The summed E-state index contributed by atoms with van der Waals surface area (Å²) in [6.45, 7) is 0. The molecule has 1 saturated heterocycles. The Morgan fingerprint density at radius 2 is 1.90 bits per heavy atom. The molecule has 0 aliphatic carbocycles. The zero-order chi connectivity index (χ0) is 14.9. The number of benzene rings is 1. The first-order valence-corrected chi connectivity index (χ1v) is 6.84. The van der Waals surface area contributed by atoms with Gasteiger partial charge in [-0.1, -0.05) is 23.4 Å². The van der Waals surface area contributed by atoms with Crippen LogP contribution in [0.25, 0.3) is 5.69 Å². The molecule has 1 N–H and O–H groups in total. The third-order valence-corrected chi connectivity index (χ3v) is 3.72. The van der Waals surface area contributed by atoms with Crippen LogP contribution in [0.15, 0.2) is 36.5 Å². The molecule has 3 rings (SSSR count). The van der Waals surface area contributed by atoms with Crippen molar-refractivity contribution < 1.29 is 13.2 Å². The van der Waals surface area contributed by atoms with Crippen LogP contribution >= 0.6 is 0 Å². The van der Waals surface area contributed by atoms with Crippen LogP contribution in [-0.2, 0) is 0 Å². The summed E-state index contributed by atoms with van der Waals surface area (Å²) in [5, 5.41) is 10.5.